The zero-order valence-electron chi connectivity index (χ0n) is 35.5. The van der Waals surface area contributed by atoms with Crippen LogP contribution in [0.3, 0.4) is 0 Å². The van der Waals surface area contributed by atoms with Crippen LogP contribution in [0.1, 0.15) is 108 Å². The number of rotatable bonds is 10. The fourth-order valence-electron chi connectivity index (χ4n) is 10.4. The highest BCUT2D eigenvalue weighted by Crippen LogP contribution is 2.53. The molecule has 2 aliphatic carbocycles. The van der Waals surface area contributed by atoms with Gasteiger partial charge in [-0.25, -0.2) is 14.8 Å². The molecule has 9 rings (SSSR count). The summed E-state index contributed by atoms with van der Waals surface area (Å²) in [4.78, 5) is 59.5. The number of hydrogen-bond acceptors (Lipinski definition) is 6. The Kier molecular flexibility index (Phi) is 10.6. The maximum atomic E-state index is 13.8. The third kappa shape index (κ3) is 7.41. The standard InChI is InChI=1S/C49H57N7O4/c1-29(2)24-43(57)55-22-8-10-41(55)45-50-28-40(53-45)32-14-12-31(13-15-32)34-17-18-35(37-27-49(26-36(34)37)20-6-7-21-49)33-16-19-38-39(25-33)52-46(51-38)42-11-9-23-56(42)47(58)44(30(3)4)54-48(59)60-5/h8,10,12-19,25,28-30,41-42,44H,6-7,9,11,20-24,26-27H2,1-5H3,(H,50,53)(H,51,52)(H,54,59). The number of fused-ring (bicyclic) bond motifs is 2. The van der Waals surface area contributed by atoms with Crippen LogP contribution in [0.4, 0.5) is 4.79 Å². The first-order chi connectivity index (χ1) is 29.0. The van der Waals surface area contributed by atoms with E-state index in [-0.39, 0.29) is 29.8 Å². The molecule has 1 saturated carbocycles. The van der Waals surface area contributed by atoms with E-state index in [2.05, 4.69) is 95.9 Å². The fourth-order valence-corrected chi connectivity index (χ4v) is 10.4. The van der Waals surface area contributed by atoms with E-state index in [9.17, 15) is 14.4 Å². The van der Waals surface area contributed by atoms with Crippen molar-refractivity contribution < 1.29 is 19.1 Å². The quantitative estimate of drug-likeness (QED) is 0.120. The predicted molar refractivity (Wildman–Crippen MR) is 234 cm³/mol. The second-order valence-electron chi connectivity index (χ2n) is 18.4. The van der Waals surface area contributed by atoms with Gasteiger partial charge in [-0.15, -0.1) is 0 Å². The molecule has 3 N–H and O–H groups in total. The maximum absolute atomic E-state index is 13.8. The highest BCUT2D eigenvalue weighted by atomic mass is 16.5. The van der Waals surface area contributed by atoms with Gasteiger partial charge in [-0.3, -0.25) is 9.59 Å². The van der Waals surface area contributed by atoms with Crippen LogP contribution in [-0.4, -0.2) is 73.9 Å². The van der Waals surface area contributed by atoms with Crippen molar-refractivity contribution in [2.45, 2.75) is 104 Å². The van der Waals surface area contributed by atoms with Crippen LogP contribution in [0.15, 0.2) is 72.9 Å². The second-order valence-corrected chi connectivity index (χ2v) is 18.4. The van der Waals surface area contributed by atoms with E-state index in [4.69, 9.17) is 14.7 Å². The van der Waals surface area contributed by atoms with Crippen LogP contribution in [-0.2, 0) is 27.2 Å². The average molecular weight is 808 g/mol. The summed E-state index contributed by atoms with van der Waals surface area (Å²) in [5, 5.41) is 2.75. The van der Waals surface area contributed by atoms with Crippen molar-refractivity contribution >= 4 is 28.9 Å². The Labute approximate surface area is 352 Å². The lowest BCUT2D eigenvalue weighted by atomic mass is 9.82. The number of likely N-dealkylation sites (tertiary alicyclic amines) is 1. The molecule has 0 radical (unpaired) electrons. The summed E-state index contributed by atoms with van der Waals surface area (Å²) in [5.41, 5.74) is 12.1. The Morgan fingerprint density at radius 2 is 1.57 bits per heavy atom. The molecule has 4 heterocycles. The summed E-state index contributed by atoms with van der Waals surface area (Å²) in [6.07, 6.45) is 14.9. The Hall–Kier alpha value is -5.71. The van der Waals surface area contributed by atoms with Crippen LogP contribution < -0.4 is 5.32 Å². The molecule has 4 aliphatic rings. The lowest BCUT2D eigenvalue weighted by molar-refractivity contribution is -0.135. The lowest BCUT2D eigenvalue weighted by Gasteiger charge is -2.29. The van der Waals surface area contributed by atoms with E-state index in [0.717, 1.165) is 59.6 Å². The van der Waals surface area contributed by atoms with Crippen molar-refractivity contribution in [3.63, 3.8) is 0 Å². The zero-order valence-corrected chi connectivity index (χ0v) is 35.5. The van der Waals surface area contributed by atoms with Crippen molar-refractivity contribution in [2.75, 3.05) is 20.2 Å². The van der Waals surface area contributed by atoms with Gasteiger partial charge in [0, 0.05) is 19.5 Å². The number of imidazole rings is 2. The van der Waals surface area contributed by atoms with E-state index < -0.39 is 12.1 Å². The second kappa shape index (κ2) is 16.0. The van der Waals surface area contributed by atoms with Gasteiger partial charge < -0.3 is 29.8 Å². The average Bonchev–Trinajstić information content (AvgIpc) is 4.10. The number of aromatic nitrogens is 4. The number of benzene rings is 3. The van der Waals surface area contributed by atoms with Gasteiger partial charge in [0.05, 0.1) is 36.1 Å². The Bertz CT molecular complexity index is 2450. The molecule has 0 bridgehead atoms. The number of nitrogens with zero attached hydrogens (tertiary/aromatic N) is 4. The molecule has 2 aliphatic heterocycles. The Morgan fingerprint density at radius 1 is 0.867 bits per heavy atom. The molecule has 1 spiro atoms. The number of H-pyrrole nitrogens is 2. The smallest absolute Gasteiger partial charge is 0.407 e. The largest absolute Gasteiger partial charge is 0.453 e. The Balaban J connectivity index is 0.983. The van der Waals surface area contributed by atoms with E-state index in [0.29, 0.717) is 30.8 Å². The molecule has 3 atom stereocenters. The van der Waals surface area contributed by atoms with Crippen LogP contribution in [0.2, 0.25) is 0 Å². The molecule has 1 saturated heterocycles. The van der Waals surface area contributed by atoms with E-state index in [1.165, 1.54) is 66.2 Å². The number of methoxy groups -OCH3 is 1. The van der Waals surface area contributed by atoms with Gasteiger partial charge in [0.25, 0.3) is 0 Å². The van der Waals surface area contributed by atoms with Crippen molar-refractivity contribution in [3.8, 4) is 33.5 Å². The van der Waals surface area contributed by atoms with Gasteiger partial charge in [-0.2, -0.15) is 0 Å². The van der Waals surface area contributed by atoms with Crippen molar-refractivity contribution in [3.05, 3.63) is 95.7 Å². The van der Waals surface area contributed by atoms with Crippen LogP contribution >= 0.6 is 0 Å². The van der Waals surface area contributed by atoms with Crippen molar-refractivity contribution in [2.24, 2.45) is 17.3 Å². The van der Waals surface area contributed by atoms with Gasteiger partial charge in [-0.05, 0) is 107 Å². The number of nitrogens with one attached hydrogen (secondary N) is 3. The highest BCUT2D eigenvalue weighted by molar-refractivity contribution is 5.88. The first kappa shape index (κ1) is 39.7. The first-order valence-corrected chi connectivity index (χ1v) is 21.9. The van der Waals surface area contributed by atoms with Gasteiger partial charge in [-0.1, -0.05) is 95.2 Å². The third-order valence-electron chi connectivity index (χ3n) is 13.5. The van der Waals surface area contributed by atoms with E-state index in [1.54, 1.807) is 0 Å². The van der Waals surface area contributed by atoms with Gasteiger partial charge >= 0.3 is 6.09 Å². The number of ether oxygens (including phenoxy) is 1. The summed E-state index contributed by atoms with van der Waals surface area (Å²) in [7, 11) is 1.31. The molecule has 60 heavy (non-hydrogen) atoms. The number of hydrogen-bond donors (Lipinski definition) is 3. The molecule has 2 fully saturated rings. The van der Waals surface area contributed by atoms with Crippen molar-refractivity contribution in [1.82, 2.24) is 35.1 Å². The Morgan fingerprint density at radius 3 is 2.27 bits per heavy atom. The topological polar surface area (TPSA) is 136 Å². The van der Waals surface area contributed by atoms with Gasteiger partial charge in [0.1, 0.15) is 23.7 Å². The minimum atomic E-state index is -0.677. The minimum Gasteiger partial charge on any atom is -0.453 e. The fraction of sp³-hybridized carbons (Fsp3) is 0.449. The molecule has 11 heteroatoms. The number of carbonyl (C=O) groups is 3. The van der Waals surface area contributed by atoms with Gasteiger partial charge in [0.15, 0.2) is 0 Å². The molecule has 3 aromatic carbocycles. The number of alkyl carbamates (subject to hydrolysis) is 1. The molecular weight excluding hydrogens is 751 g/mol. The number of aromatic amines is 2. The molecule has 312 valence electrons. The molecular formula is C49H57N7O4. The normalized spacial score (nSPS) is 19.9. The number of carbonyl (C=O) groups excluding carboxylic acids is 3. The summed E-state index contributed by atoms with van der Waals surface area (Å²) in [6.45, 7) is 9.25. The molecule has 5 aromatic rings. The molecule has 2 aromatic heterocycles. The van der Waals surface area contributed by atoms with Crippen LogP contribution in [0.5, 0.6) is 0 Å². The van der Waals surface area contributed by atoms with E-state index in [1.807, 2.05) is 29.8 Å². The highest BCUT2D eigenvalue weighted by Gasteiger charge is 2.42. The predicted octanol–water partition coefficient (Wildman–Crippen LogP) is 9.48. The number of amides is 3. The monoisotopic (exact) mass is 807 g/mol. The molecule has 3 amide bonds. The SMILES string of the molecule is COC(=O)NC(C(=O)N1CCCC1c1nc2ccc(-c3ccc(-c4ccc(-c5cnc(C6C=CCN6C(=O)CC(C)C)[nH]5)cc4)c4c3CC3(CCCC3)C4)cc2[nH]1)C(C)C. The lowest BCUT2D eigenvalue weighted by Crippen LogP contribution is -2.51. The van der Waals surface area contributed by atoms with Crippen LogP contribution in [0, 0.1) is 17.3 Å². The minimum absolute atomic E-state index is 0.0947. The van der Waals surface area contributed by atoms with Crippen LogP contribution in [0.25, 0.3) is 44.5 Å². The molecule has 11 nitrogen and oxygen atoms in total. The summed E-state index contributed by atoms with van der Waals surface area (Å²) in [5.74, 6) is 1.83. The summed E-state index contributed by atoms with van der Waals surface area (Å²) in [6, 6.07) is 19.0. The first-order valence-electron chi connectivity index (χ1n) is 21.9. The molecule has 3 unspecified atom stereocenters. The maximum Gasteiger partial charge on any atom is 0.407 e. The summed E-state index contributed by atoms with van der Waals surface area (Å²) < 4.78 is 4.82. The zero-order chi connectivity index (χ0) is 41.7. The van der Waals surface area contributed by atoms with Gasteiger partial charge in [0.2, 0.25) is 11.8 Å². The van der Waals surface area contributed by atoms with Crippen molar-refractivity contribution in [1.29, 1.82) is 0 Å². The van der Waals surface area contributed by atoms with E-state index >= 15 is 0 Å². The third-order valence-corrected chi connectivity index (χ3v) is 13.5. The summed E-state index contributed by atoms with van der Waals surface area (Å²) >= 11 is 0.